The van der Waals surface area contributed by atoms with Gasteiger partial charge in [-0.15, -0.1) is 16.8 Å². The molecule has 35 heavy (non-hydrogen) atoms. The Morgan fingerprint density at radius 1 is 1.17 bits per heavy atom. The molecule has 2 atom stereocenters. The highest BCUT2D eigenvalue weighted by Gasteiger charge is 2.25. The van der Waals surface area contributed by atoms with Gasteiger partial charge in [-0.25, -0.2) is 0 Å². The summed E-state index contributed by atoms with van der Waals surface area (Å²) in [5.41, 5.74) is 1.12. The van der Waals surface area contributed by atoms with Gasteiger partial charge in [-0.05, 0) is 44.5 Å². The highest BCUT2D eigenvalue weighted by atomic mass is 32.2. The predicted octanol–water partition coefficient (Wildman–Crippen LogP) is 5.32. The highest BCUT2D eigenvalue weighted by Crippen LogP contribution is 2.32. The number of benzene rings is 2. The molecule has 8 nitrogen and oxygen atoms in total. The lowest BCUT2D eigenvalue weighted by molar-refractivity contribution is -0.115. The first-order chi connectivity index (χ1) is 16.9. The number of Topliss-reactive ketones (excluding diaryl/α,β-unsaturated/α-hetero) is 1. The third-order valence-electron chi connectivity index (χ3n) is 5.24. The molecule has 1 heterocycles. The number of amides is 1. The maximum atomic E-state index is 13.0. The molecule has 1 amide bonds. The van der Waals surface area contributed by atoms with Crippen LogP contribution < -0.4 is 14.8 Å². The minimum absolute atomic E-state index is 0.0583. The van der Waals surface area contributed by atoms with Crippen molar-refractivity contribution in [3.63, 3.8) is 0 Å². The molecule has 2 aromatic carbocycles. The summed E-state index contributed by atoms with van der Waals surface area (Å²) in [5.74, 6) is 1.61. The summed E-state index contributed by atoms with van der Waals surface area (Å²) in [5, 5.41) is 11.8. The van der Waals surface area contributed by atoms with Crippen LogP contribution >= 0.6 is 11.8 Å². The lowest BCUT2D eigenvalue weighted by atomic mass is 10.1. The van der Waals surface area contributed by atoms with Crippen LogP contribution in [0.25, 0.3) is 0 Å². The normalized spacial score (nSPS) is 12.5. The number of methoxy groups -OCH3 is 1. The second kappa shape index (κ2) is 12.2. The Morgan fingerprint density at radius 2 is 1.91 bits per heavy atom. The van der Waals surface area contributed by atoms with Crippen LogP contribution in [0, 0.1) is 0 Å². The van der Waals surface area contributed by atoms with Gasteiger partial charge in [0.15, 0.2) is 34.4 Å². The minimum atomic E-state index is -0.420. The van der Waals surface area contributed by atoms with Crippen LogP contribution in [0.1, 0.15) is 49.5 Å². The number of ketones is 1. The Kier molecular flexibility index (Phi) is 9.08. The molecular formula is C26H30N4O4S. The van der Waals surface area contributed by atoms with Crippen LogP contribution in [0.15, 0.2) is 66.3 Å². The predicted molar refractivity (Wildman–Crippen MR) is 137 cm³/mol. The van der Waals surface area contributed by atoms with Gasteiger partial charge in [0, 0.05) is 17.8 Å². The Labute approximate surface area is 209 Å². The van der Waals surface area contributed by atoms with Gasteiger partial charge in [-0.1, -0.05) is 49.0 Å². The topological polar surface area (TPSA) is 95.3 Å². The molecule has 0 fully saturated rings. The summed E-state index contributed by atoms with van der Waals surface area (Å²) in [6.45, 7) is 9.63. The van der Waals surface area contributed by atoms with Gasteiger partial charge in [-0.2, -0.15) is 0 Å². The number of hydrogen-bond acceptors (Lipinski definition) is 7. The van der Waals surface area contributed by atoms with Gasteiger partial charge in [0.05, 0.1) is 12.4 Å². The zero-order valence-electron chi connectivity index (χ0n) is 20.4. The molecule has 0 aliphatic carbocycles. The molecule has 1 aromatic heterocycles. The number of thioether (sulfide) groups is 1. The fourth-order valence-corrected chi connectivity index (χ4v) is 4.41. The number of nitrogens with one attached hydrogen (secondary N) is 1. The summed E-state index contributed by atoms with van der Waals surface area (Å²) in [6.07, 6.45) is 1.91. The molecule has 3 rings (SSSR count). The van der Waals surface area contributed by atoms with Crippen molar-refractivity contribution in [2.75, 3.05) is 12.4 Å². The Bertz CT molecular complexity index is 1190. The van der Waals surface area contributed by atoms with E-state index < -0.39 is 11.4 Å². The van der Waals surface area contributed by atoms with E-state index in [1.54, 1.807) is 37.5 Å². The summed E-state index contributed by atoms with van der Waals surface area (Å²) >= 11 is 1.33. The lowest BCUT2D eigenvalue weighted by Crippen LogP contribution is -2.25. The minimum Gasteiger partial charge on any atom is -0.493 e. The average molecular weight is 495 g/mol. The van der Waals surface area contributed by atoms with Crippen LogP contribution in [0.4, 0.5) is 5.69 Å². The molecule has 3 aromatic rings. The second-order valence-electron chi connectivity index (χ2n) is 7.79. The quantitative estimate of drug-likeness (QED) is 0.207. The molecular weight excluding hydrogens is 464 g/mol. The first kappa shape index (κ1) is 26.0. The maximum Gasteiger partial charge on any atom is 0.237 e. The summed E-state index contributed by atoms with van der Waals surface area (Å²) < 4.78 is 13.4. The number of allylic oxidation sites excluding steroid dienone is 1. The monoisotopic (exact) mass is 494 g/mol. The van der Waals surface area contributed by atoms with Gasteiger partial charge in [-0.3, -0.25) is 14.2 Å². The zero-order chi connectivity index (χ0) is 25.4. The fraction of sp³-hybridized carbons (Fsp3) is 0.308. The number of aromatic nitrogens is 3. The number of para-hydroxylation sites is 2. The van der Waals surface area contributed by atoms with Gasteiger partial charge in [0.2, 0.25) is 5.91 Å². The van der Waals surface area contributed by atoms with Crippen molar-refractivity contribution in [2.24, 2.45) is 0 Å². The van der Waals surface area contributed by atoms with Gasteiger partial charge in [0.1, 0.15) is 0 Å². The molecule has 0 aliphatic rings. The number of hydrogen-bond donors (Lipinski definition) is 1. The molecule has 0 saturated heterocycles. The molecule has 9 heteroatoms. The maximum absolute atomic E-state index is 13.0. The molecule has 0 saturated carbocycles. The first-order valence-electron chi connectivity index (χ1n) is 11.3. The van der Waals surface area contributed by atoms with Crippen molar-refractivity contribution < 1.29 is 19.1 Å². The van der Waals surface area contributed by atoms with Crippen molar-refractivity contribution in [1.82, 2.24) is 14.8 Å². The van der Waals surface area contributed by atoms with E-state index in [1.807, 2.05) is 42.7 Å². The molecule has 0 aliphatic heterocycles. The average Bonchev–Trinajstić information content (AvgIpc) is 3.25. The van der Waals surface area contributed by atoms with Crippen LogP contribution in [0.2, 0.25) is 0 Å². The van der Waals surface area contributed by atoms with Crippen LogP contribution in [0.5, 0.6) is 11.5 Å². The molecule has 1 N–H and O–H groups in total. The van der Waals surface area contributed by atoms with Crippen molar-refractivity contribution in [3.8, 4) is 11.5 Å². The van der Waals surface area contributed by atoms with Crippen LogP contribution in [0.3, 0.4) is 0 Å². The van der Waals surface area contributed by atoms with Crippen LogP contribution in [-0.4, -0.2) is 38.8 Å². The standard InChI is InChI=1S/C26H30N4O4S/c1-6-15-30-24(18(4)34-22-14-9-8-13-21(22)33-5)28-29-26(30)35-23(7-2)25(32)27-20-12-10-11-19(16-20)17(3)31/h6,8-14,16,18,23H,1,7,15H2,2-5H3,(H,27,32). The van der Waals surface area contributed by atoms with E-state index in [0.29, 0.717) is 46.7 Å². The van der Waals surface area contributed by atoms with E-state index in [0.717, 1.165) is 0 Å². The van der Waals surface area contributed by atoms with Gasteiger partial charge < -0.3 is 14.8 Å². The summed E-state index contributed by atoms with van der Waals surface area (Å²) in [6, 6.07) is 14.3. The van der Waals surface area contributed by atoms with Gasteiger partial charge >= 0.3 is 0 Å². The van der Waals surface area contributed by atoms with Crippen molar-refractivity contribution in [3.05, 3.63) is 72.6 Å². The van der Waals surface area contributed by atoms with E-state index in [4.69, 9.17) is 9.47 Å². The third-order valence-corrected chi connectivity index (χ3v) is 6.59. The largest absolute Gasteiger partial charge is 0.493 e. The van der Waals surface area contributed by atoms with Crippen molar-refractivity contribution in [1.29, 1.82) is 0 Å². The Balaban J connectivity index is 1.78. The molecule has 0 spiro atoms. The Morgan fingerprint density at radius 3 is 2.57 bits per heavy atom. The van der Waals surface area contributed by atoms with Gasteiger partial charge in [0.25, 0.3) is 0 Å². The van der Waals surface area contributed by atoms with Crippen LogP contribution in [-0.2, 0) is 11.3 Å². The van der Waals surface area contributed by atoms with E-state index >= 15 is 0 Å². The highest BCUT2D eigenvalue weighted by molar-refractivity contribution is 8.00. The number of ether oxygens (including phenoxy) is 2. The smallest absolute Gasteiger partial charge is 0.237 e. The fourth-order valence-electron chi connectivity index (χ4n) is 3.44. The second-order valence-corrected chi connectivity index (χ2v) is 8.96. The first-order valence-corrected chi connectivity index (χ1v) is 12.2. The lowest BCUT2D eigenvalue weighted by Gasteiger charge is -2.18. The van der Waals surface area contributed by atoms with Crippen molar-refractivity contribution >= 4 is 29.1 Å². The number of carbonyl (C=O) groups excluding carboxylic acids is 2. The molecule has 0 bridgehead atoms. The number of anilines is 1. The Hall–Kier alpha value is -3.59. The van der Waals surface area contributed by atoms with E-state index in [1.165, 1.54) is 18.7 Å². The molecule has 2 unspecified atom stereocenters. The molecule has 0 radical (unpaired) electrons. The summed E-state index contributed by atoms with van der Waals surface area (Å²) in [7, 11) is 1.59. The zero-order valence-corrected chi connectivity index (χ0v) is 21.2. The SMILES string of the molecule is C=CCn1c(SC(CC)C(=O)Nc2cccc(C(C)=O)c2)nnc1C(C)Oc1ccccc1OC. The van der Waals surface area contributed by atoms with Crippen molar-refractivity contribution in [2.45, 2.75) is 50.2 Å². The number of carbonyl (C=O) groups is 2. The van der Waals surface area contributed by atoms with E-state index in [-0.39, 0.29) is 11.7 Å². The third kappa shape index (κ3) is 6.51. The number of rotatable bonds is 12. The van der Waals surface area contributed by atoms with E-state index in [9.17, 15) is 9.59 Å². The number of nitrogens with zero attached hydrogens (tertiary/aromatic N) is 3. The molecule has 184 valence electrons. The van der Waals surface area contributed by atoms with E-state index in [2.05, 4.69) is 22.1 Å². The summed E-state index contributed by atoms with van der Waals surface area (Å²) in [4.78, 5) is 24.7.